The predicted octanol–water partition coefficient (Wildman–Crippen LogP) is 1.18. The topological polar surface area (TPSA) is 55.8 Å². The van der Waals surface area contributed by atoms with Crippen molar-refractivity contribution in [3.63, 3.8) is 0 Å². The molecule has 4 heteroatoms. The molecular weight excluding hydrogens is 184 g/mol. The molecule has 14 heavy (non-hydrogen) atoms. The minimum Gasteiger partial charge on any atom is -0.481 e. The van der Waals surface area contributed by atoms with Gasteiger partial charge >= 0.3 is 5.97 Å². The molecule has 0 aromatic heterocycles. The number of rotatable bonds is 2. The van der Waals surface area contributed by atoms with Crippen molar-refractivity contribution in [1.82, 2.24) is 0 Å². The Labute approximate surface area is 81.1 Å². The van der Waals surface area contributed by atoms with E-state index < -0.39 is 5.97 Å². The van der Waals surface area contributed by atoms with E-state index in [2.05, 4.69) is 0 Å². The van der Waals surface area contributed by atoms with Crippen LogP contribution in [0.15, 0.2) is 18.2 Å². The van der Waals surface area contributed by atoms with E-state index in [4.69, 9.17) is 14.6 Å². The maximum Gasteiger partial charge on any atom is 0.307 e. The van der Waals surface area contributed by atoms with Gasteiger partial charge in [-0.2, -0.15) is 0 Å². The third kappa shape index (κ3) is 1.70. The molecule has 1 aliphatic rings. The number of carbonyl (C=O) groups is 1. The van der Waals surface area contributed by atoms with E-state index in [-0.39, 0.29) is 13.2 Å². The summed E-state index contributed by atoms with van der Waals surface area (Å²) in [4.78, 5) is 10.6. The van der Waals surface area contributed by atoms with Crippen molar-refractivity contribution in [2.75, 3.05) is 6.79 Å². The zero-order valence-corrected chi connectivity index (χ0v) is 7.53. The van der Waals surface area contributed by atoms with Crippen LogP contribution in [0.1, 0.15) is 11.1 Å². The SMILES string of the molecule is O=C(O)Cc1cccc2c1OCOC2. The maximum atomic E-state index is 10.6. The van der Waals surface area contributed by atoms with Crippen molar-refractivity contribution in [3.05, 3.63) is 29.3 Å². The van der Waals surface area contributed by atoms with Gasteiger partial charge in [0.05, 0.1) is 13.0 Å². The van der Waals surface area contributed by atoms with E-state index in [0.29, 0.717) is 17.9 Å². The van der Waals surface area contributed by atoms with E-state index in [1.54, 1.807) is 6.07 Å². The van der Waals surface area contributed by atoms with Crippen molar-refractivity contribution in [3.8, 4) is 5.75 Å². The molecule has 2 rings (SSSR count). The van der Waals surface area contributed by atoms with Crippen molar-refractivity contribution >= 4 is 5.97 Å². The molecule has 0 aliphatic carbocycles. The summed E-state index contributed by atoms with van der Waals surface area (Å²) in [5.41, 5.74) is 1.62. The van der Waals surface area contributed by atoms with Gasteiger partial charge in [-0.05, 0) is 0 Å². The third-order valence-electron chi connectivity index (χ3n) is 2.06. The highest BCUT2D eigenvalue weighted by Gasteiger charge is 2.15. The number of hydrogen-bond acceptors (Lipinski definition) is 3. The summed E-state index contributed by atoms with van der Waals surface area (Å²) in [6.45, 7) is 0.687. The van der Waals surface area contributed by atoms with E-state index in [1.165, 1.54) is 0 Å². The fourth-order valence-corrected chi connectivity index (χ4v) is 1.49. The lowest BCUT2D eigenvalue weighted by molar-refractivity contribution is -0.136. The Balaban J connectivity index is 2.35. The van der Waals surface area contributed by atoms with Crippen LogP contribution in [0.3, 0.4) is 0 Å². The van der Waals surface area contributed by atoms with Crippen LogP contribution in [0.4, 0.5) is 0 Å². The van der Waals surface area contributed by atoms with Crippen LogP contribution in [0.25, 0.3) is 0 Å². The number of hydrogen-bond donors (Lipinski definition) is 1. The molecule has 0 bridgehead atoms. The average molecular weight is 194 g/mol. The number of carboxylic acid groups (broad SMARTS) is 1. The first-order valence-electron chi connectivity index (χ1n) is 4.30. The van der Waals surface area contributed by atoms with Gasteiger partial charge in [0.2, 0.25) is 0 Å². The second-order valence-electron chi connectivity index (χ2n) is 3.09. The molecular formula is C10H10O4. The summed E-state index contributed by atoms with van der Waals surface area (Å²) in [6, 6.07) is 5.45. The molecule has 1 aromatic carbocycles. The molecule has 0 atom stereocenters. The minimum atomic E-state index is -0.853. The van der Waals surface area contributed by atoms with Crippen LogP contribution >= 0.6 is 0 Å². The molecule has 1 heterocycles. The summed E-state index contributed by atoms with van der Waals surface area (Å²) in [5.74, 6) is -0.186. The average Bonchev–Trinajstić information content (AvgIpc) is 2.18. The second kappa shape index (κ2) is 3.67. The Kier molecular flexibility index (Phi) is 2.37. The van der Waals surface area contributed by atoms with Crippen molar-refractivity contribution in [1.29, 1.82) is 0 Å². The van der Waals surface area contributed by atoms with Crippen molar-refractivity contribution in [2.45, 2.75) is 13.0 Å². The van der Waals surface area contributed by atoms with Crippen LogP contribution in [0.2, 0.25) is 0 Å². The highest BCUT2D eigenvalue weighted by molar-refractivity contribution is 5.71. The number of para-hydroxylation sites is 1. The van der Waals surface area contributed by atoms with Gasteiger partial charge in [-0.25, -0.2) is 0 Å². The number of aliphatic carboxylic acids is 1. The Morgan fingerprint density at radius 2 is 2.36 bits per heavy atom. The number of carboxylic acids is 1. The van der Waals surface area contributed by atoms with Gasteiger partial charge in [0.25, 0.3) is 0 Å². The number of fused-ring (bicyclic) bond motifs is 1. The second-order valence-corrected chi connectivity index (χ2v) is 3.09. The molecule has 1 aromatic rings. The first-order valence-corrected chi connectivity index (χ1v) is 4.30. The van der Waals surface area contributed by atoms with E-state index in [9.17, 15) is 4.79 Å². The monoisotopic (exact) mass is 194 g/mol. The normalized spacial score (nSPS) is 14.3. The van der Waals surface area contributed by atoms with Gasteiger partial charge in [-0.15, -0.1) is 0 Å². The lowest BCUT2D eigenvalue weighted by Crippen LogP contribution is -2.14. The summed E-state index contributed by atoms with van der Waals surface area (Å²) in [7, 11) is 0. The molecule has 0 saturated heterocycles. The van der Waals surface area contributed by atoms with Gasteiger partial charge in [0.1, 0.15) is 5.75 Å². The molecule has 0 amide bonds. The molecule has 1 N–H and O–H groups in total. The van der Waals surface area contributed by atoms with Crippen LogP contribution in [-0.2, 0) is 22.6 Å². The zero-order valence-electron chi connectivity index (χ0n) is 7.53. The lowest BCUT2D eigenvalue weighted by Gasteiger charge is -2.19. The standard InChI is InChI=1S/C10H10O4/c11-9(12)4-7-2-1-3-8-5-13-6-14-10(7)8/h1-3H,4-6H2,(H,11,12). The molecule has 4 nitrogen and oxygen atoms in total. The quantitative estimate of drug-likeness (QED) is 0.768. The summed E-state index contributed by atoms with van der Waals surface area (Å²) < 4.78 is 10.4. The highest BCUT2D eigenvalue weighted by atomic mass is 16.7. The van der Waals surface area contributed by atoms with Crippen molar-refractivity contribution in [2.24, 2.45) is 0 Å². The molecule has 0 spiro atoms. The van der Waals surface area contributed by atoms with Gasteiger partial charge in [0, 0.05) is 11.1 Å². The summed E-state index contributed by atoms with van der Waals surface area (Å²) in [5, 5.41) is 8.68. The largest absolute Gasteiger partial charge is 0.481 e. The summed E-state index contributed by atoms with van der Waals surface area (Å²) in [6.07, 6.45) is -0.0107. The molecule has 74 valence electrons. The first kappa shape index (κ1) is 9.02. The van der Waals surface area contributed by atoms with E-state index >= 15 is 0 Å². The first-order chi connectivity index (χ1) is 6.77. The Morgan fingerprint density at radius 1 is 1.50 bits per heavy atom. The predicted molar refractivity (Wildman–Crippen MR) is 48.1 cm³/mol. The van der Waals surface area contributed by atoms with Gasteiger partial charge < -0.3 is 14.6 Å². The lowest BCUT2D eigenvalue weighted by atomic mass is 10.1. The molecule has 0 unspecified atom stereocenters. The molecule has 0 saturated carbocycles. The Bertz CT molecular complexity index is 359. The molecule has 1 aliphatic heterocycles. The Hall–Kier alpha value is -1.55. The third-order valence-corrected chi connectivity index (χ3v) is 2.06. The number of benzene rings is 1. The van der Waals surface area contributed by atoms with Gasteiger partial charge in [0.15, 0.2) is 6.79 Å². The smallest absolute Gasteiger partial charge is 0.307 e. The minimum absolute atomic E-state index is 0.0107. The van der Waals surface area contributed by atoms with Crippen LogP contribution in [0, 0.1) is 0 Å². The van der Waals surface area contributed by atoms with Gasteiger partial charge in [-0.3, -0.25) is 4.79 Å². The fraction of sp³-hybridized carbons (Fsp3) is 0.300. The zero-order chi connectivity index (χ0) is 9.97. The van der Waals surface area contributed by atoms with Crippen LogP contribution in [0.5, 0.6) is 5.75 Å². The number of ether oxygens (including phenoxy) is 2. The van der Waals surface area contributed by atoms with Gasteiger partial charge in [-0.1, -0.05) is 18.2 Å². The molecule has 0 fully saturated rings. The van der Waals surface area contributed by atoms with Crippen LogP contribution in [-0.4, -0.2) is 17.9 Å². The fourth-order valence-electron chi connectivity index (χ4n) is 1.49. The highest BCUT2D eigenvalue weighted by Crippen LogP contribution is 2.28. The van der Waals surface area contributed by atoms with E-state index in [0.717, 1.165) is 5.56 Å². The van der Waals surface area contributed by atoms with Crippen molar-refractivity contribution < 1.29 is 19.4 Å². The van der Waals surface area contributed by atoms with E-state index in [1.807, 2.05) is 12.1 Å². The molecule has 0 radical (unpaired) electrons. The van der Waals surface area contributed by atoms with Crippen LogP contribution < -0.4 is 4.74 Å². The summed E-state index contributed by atoms with van der Waals surface area (Å²) >= 11 is 0. The Morgan fingerprint density at radius 3 is 3.14 bits per heavy atom. The maximum absolute atomic E-state index is 10.6.